The van der Waals surface area contributed by atoms with Gasteiger partial charge < -0.3 is 10.2 Å². The van der Waals surface area contributed by atoms with Gasteiger partial charge in [-0.15, -0.1) is 0 Å². The fraction of sp³-hybridized carbons (Fsp3) is 0.292. The van der Waals surface area contributed by atoms with Crippen LogP contribution in [0.1, 0.15) is 43.2 Å². The molecule has 0 radical (unpaired) electrons. The quantitative estimate of drug-likeness (QED) is 0.639. The lowest BCUT2D eigenvalue weighted by atomic mass is 9.94. The highest BCUT2D eigenvalue weighted by Crippen LogP contribution is 2.39. The van der Waals surface area contributed by atoms with E-state index in [2.05, 4.69) is 5.32 Å². The van der Waals surface area contributed by atoms with Crippen molar-refractivity contribution in [1.82, 2.24) is 5.32 Å². The number of nitriles is 1. The third-order valence-electron chi connectivity index (χ3n) is 5.64. The van der Waals surface area contributed by atoms with Crippen LogP contribution in [0.2, 0.25) is 0 Å². The molecule has 1 fully saturated rings. The van der Waals surface area contributed by atoms with E-state index in [0.717, 1.165) is 36.9 Å². The van der Waals surface area contributed by atoms with Gasteiger partial charge in [-0.2, -0.15) is 5.26 Å². The van der Waals surface area contributed by atoms with E-state index in [4.69, 9.17) is 0 Å². The van der Waals surface area contributed by atoms with Gasteiger partial charge in [0.05, 0.1) is 17.8 Å². The van der Waals surface area contributed by atoms with E-state index in [9.17, 15) is 14.9 Å². The van der Waals surface area contributed by atoms with Crippen molar-refractivity contribution in [2.45, 2.75) is 44.7 Å². The zero-order chi connectivity index (χ0) is 20.2. The second-order valence-electron chi connectivity index (χ2n) is 7.56. The van der Waals surface area contributed by atoms with Crippen LogP contribution in [0.5, 0.6) is 0 Å². The average Bonchev–Trinajstić information content (AvgIpc) is 3.02. The number of nitrogens with one attached hydrogen (secondary N) is 1. The van der Waals surface area contributed by atoms with Crippen molar-refractivity contribution in [3.63, 3.8) is 0 Å². The summed E-state index contributed by atoms with van der Waals surface area (Å²) < 4.78 is 0. The second-order valence-corrected chi connectivity index (χ2v) is 7.56. The van der Waals surface area contributed by atoms with Gasteiger partial charge in [-0.25, -0.2) is 0 Å². The van der Waals surface area contributed by atoms with Gasteiger partial charge in [0.25, 0.3) is 11.8 Å². The van der Waals surface area contributed by atoms with E-state index in [-0.39, 0.29) is 23.1 Å². The normalized spacial score (nSPS) is 18.2. The van der Waals surface area contributed by atoms with Gasteiger partial charge in [0.1, 0.15) is 11.6 Å². The maximum Gasteiger partial charge on any atom is 0.263 e. The highest BCUT2D eigenvalue weighted by atomic mass is 16.2. The zero-order valence-electron chi connectivity index (χ0n) is 16.2. The highest BCUT2D eigenvalue weighted by Gasteiger charge is 2.36. The fourth-order valence-electron chi connectivity index (χ4n) is 4.17. The van der Waals surface area contributed by atoms with Crippen molar-refractivity contribution >= 4 is 23.1 Å². The minimum atomic E-state index is -0.445. The van der Waals surface area contributed by atoms with Crippen LogP contribution in [0.3, 0.4) is 0 Å². The average molecular weight is 385 g/mol. The van der Waals surface area contributed by atoms with E-state index in [0.29, 0.717) is 12.1 Å². The predicted molar refractivity (Wildman–Crippen MR) is 112 cm³/mol. The molecule has 5 heteroatoms. The summed E-state index contributed by atoms with van der Waals surface area (Å²) in [5.41, 5.74) is 2.47. The van der Waals surface area contributed by atoms with E-state index in [1.54, 1.807) is 11.0 Å². The first kappa shape index (κ1) is 18.9. The SMILES string of the molecule is N#C/C(C(=O)NC1CCCCC1)=C1/C(=O)N(Cc2ccccc2)c2ccccc21. The Morgan fingerprint density at radius 2 is 1.72 bits per heavy atom. The first-order valence-corrected chi connectivity index (χ1v) is 10.1. The summed E-state index contributed by atoms with van der Waals surface area (Å²) in [5.74, 6) is -0.746. The number of anilines is 1. The van der Waals surface area contributed by atoms with Crippen LogP contribution in [0, 0.1) is 11.3 Å². The molecule has 1 aliphatic carbocycles. The molecule has 29 heavy (non-hydrogen) atoms. The summed E-state index contributed by atoms with van der Waals surface area (Å²) in [6, 6.07) is 19.1. The van der Waals surface area contributed by atoms with E-state index < -0.39 is 5.91 Å². The zero-order valence-corrected chi connectivity index (χ0v) is 16.2. The molecule has 1 aliphatic heterocycles. The molecule has 2 aliphatic rings. The maximum absolute atomic E-state index is 13.3. The molecule has 0 spiro atoms. The molecule has 146 valence electrons. The van der Waals surface area contributed by atoms with Crippen molar-refractivity contribution < 1.29 is 9.59 Å². The molecule has 1 saturated carbocycles. The van der Waals surface area contributed by atoms with Crippen LogP contribution < -0.4 is 10.2 Å². The number of rotatable bonds is 4. The third kappa shape index (κ3) is 3.79. The molecule has 0 saturated heterocycles. The molecule has 0 bridgehead atoms. The summed E-state index contributed by atoms with van der Waals surface area (Å²) in [6.07, 6.45) is 5.18. The van der Waals surface area contributed by atoms with Gasteiger partial charge in [0.2, 0.25) is 0 Å². The van der Waals surface area contributed by atoms with Crippen LogP contribution in [0.25, 0.3) is 5.57 Å². The minimum absolute atomic E-state index is 0.0763. The largest absolute Gasteiger partial charge is 0.349 e. The molecule has 0 unspecified atom stereocenters. The van der Waals surface area contributed by atoms with Crippen LogP contribution in [-0.2, 0) is 16.1 Å². The van der Waals surface area contributed by atoms with Crippen molar-refractivity contribution in [2.24, 2.45) is 0 Å². The van der Waals surface area contributed by atoms with Crippen LogP contribution in [0.4, 0.5) is 5.69 Å². The van der Waals surface area contributed by atoms with Crippen LogP contribution in [0.15, 0.2) is 60.2 Å². The van der Waals surface area contributed by atoms with Crippen molar-refractivity contribution in [3.05, 3.63) is 71.3 Å². The lowest BCUT2D eigenvalue weighted by molar-refractivity contribution is -0.118. The number of hydrogen-bond acceptors (Lipinski definition) is 3. The predicted octanol–water partition coefficient (Wildman–Crippen LogP) is 3.96. The second kappa shape index (κ2) is 8.32. The number of benzene rings is 2. The van der Waals surface area contributed by atoms with Crippen molar-refractivity contribution in [3.8, 4) is 6.07 Å². The van der Waals surface area contributed by atoms with E-state index in [1.807, 2.05) is 54.6 Å². The Morgan fingerprint density at radius 3 is 2.45 bits per heavy atom. The number of fused-ring (bicyclic) bond motifs is 1. The summed E-state index contributed by atoms with van der Waals surface area (Å²) in [7, 11) is 0. The van der Waals surface area contributed by atoms with Gasteiger partial charge in [-0.05, 0) is 24.5 Å². The Bertz CT molecular complexity index is 998. The molecule has 4 rings (SSSR count). The van der Waals surface area contributed by atoms with E-state index in [1.165, 1.54) is 6.42 Å². The monoisotopic (exact) mass is 385 g/mol. The summed E-state index contributed by atoms with van der Waals surface area (Å²) in [4.78, 5) is 27.8. The molecule has 5 nitrogen and oxygen atoms in total. The number of amides is 2. The van der Waals surface area contributed by atoms with Gasteiger partial charge in [0.15, 0.2) is 0 Å². The van der Waals surface area contributed by atoms with Crippen LogP contribution >= 0.6 is 0 Å². The Kier molecular flexibility index (Phi) is 5.44. The van der Waals surface area contributed by atoms with Gasteiger partial charge in [0, 0.05) is 11.6 Å². The number of carbonyl (C=O) groups is 2. The van der Waals surface area contributed by atoms with E-state index >= 15 is 0 Å². The molecule has 0 aromatic heterocycles. The molecule has 2 aromatic rings. The maximum atomic E-state index is 13.3. The lowest BCUT2D eigenvalue weighted by Gasteiger charge is -2.22. The first-order valence-electron chi connectivity index (χ1n) is 10.1. The summed E-state index contributed by atoms with van der Waals surface area (Å²) >= 11 is 0. The Labute approximate surface area is 170 Å². The molecule has 0 atom stereocenters. The minimum Gasteiger partial charge on any atom is -0.349 e. The Balaban J connectivity index is 1.69. The number of para-hydroxylation sites is 1. The van der Waals surface area contributed by atoms with Crippen LogP contribution in [-0.4, -0.2) is 17.9 Å². The summed E-state index contributed by atoms with van der Waals surface area (Å²) in [6.45, 7) is 0.392. The first-order chi connectivity index (χ1) is 14.2. The molecule has 2 aromatic carbocycles. The topological polar surface area (TPSA) is 73.2 Å². The number of hydrogen-bond donors (Lipinski definition) is 1. The molecular formula is C24H23N3O2. The molecular weight excluding hydrogens is 362 g/mol. The molecule has 2 amide bonds. The van der Waals surface area contributed by atoms with Crippen molar-refractivity contribution in [2.75, 3.05) is 4.90 Å². The lowest BCUT2D eigenvalue weighted by Crippen LogP contribution is -2.37. The molecule has 1 heterocycles. The Morgan fingerprint density at radius 1 is 1.03 bits per heavy atom. The van der Waals surface area contributed by atoms with Gasteiger partial charge >= 0.3 is 0 Å². The van der Waals surface area contributed by atoms with Crippen molar-refractivity contribution in [1.29, 1.82) is 5.26 Å². The smallest absolute Gasteiger partial charge is 0.263 e. The number of carbonyl (C=O) groups excluding carboxylic acids is 2. The Hall–Kier alpha value is -3.39. The fourth-order valence-corrected chi connectivity index (χ4v) is 4.17. The van der Waals surface area contributed by atoms with Gasteiger partial charge in [-0.3, -0.25) is 9.59 Å². The highest BCUT2D eigenvalue weighted by molar-refractivity contribution is 6.37. The number of nitrogens with zero attached hydrogens (tertiary/aromatic N) is 2. The molecule has 1 N–H and O–H groups in total. The standard InChI is InChI=1S/C24H23N3O2/c25-15-20(23(28)26-18-11-5-2-6-12-18)22-19-13-7-8-14-21(19)27(24(22)29)16-17-9-3-1-4-10-17/h1,3-4,7-10,13-14,18H,2,5-6,11-12,16H2,(H,26,28)/b22-20-. The van der Waals surface area contributed by atoms with Gasteiger partial charge in [-0.1, -0.05) is 67.8 Å². The summed E-state index contributed by atoms with van der Waals surface area (Å²) in [5, 5.41) is 12.7. The third-order valence-corrected chi connectivity index (χ3v) is 5.64.